The Morgan fingerprint density at radius 3 is 2.28 bits per heavy atom. The molecule has 2 rings (SSSR count). The number of nitrogens with two attached hydrogens (primary N) is 1. The van der Waals surface area contributed by atoms with E-state index in [1.807, 2.05) is 44.2 Å². The molecule has 2 atom stereocenters. The summed E-state index contributed by atoms with van der Waals surface area (Å²) in [6, 6.07) is 15.8. The number of benzene rings is 2. The van der Waals surface area contributed by atoms with Crippen LogP contribution in [0.2, 0.25) is 0 Å². The van der Waals surface area contributed by atoms with Gasteiger partial charge in [0.05, 0.1) is 0 Å². The highest BCUT2D eigenvalue weighted by Gasteiger charge is 2.11. The maximum atomic E-state index is 11.2. The molecule has 0 spiro atoms. The van der Waals surface area contributed by atoms with E-state index in [0.717, 1.165) is 11.1 Å². The fraction of sp³-hybridized carbons (Fsp3) is 0.278. The molecule has 0 saturated heterocycles. The van der Waals surface area contributed by atoms with Gasteiger partial charge in [-0.3, -0.25) is 4.79 Å². The first-order valence-electron chi connectivity index (χ1n) is 7.72. The van der Waals surface area contributed by atoms with Crippen molar-refractivity contribution in [1.29, 1.82) is 0 Å². The maximum Gasteiger partial charge on any atom is 0.323 e. The number of esters is 1. The third-order valence-electron chi connectivity index (χ3n) is 3.15. The highest BCUT2D eigenvalue weighted by atomic mass is 32.2. The van der Waals surface area contributed by atoms with E-state index in [1.165, 1.54) is 0 Å². The van der Waals surface area contributed by atoms with Gasteiger partial charge >= 0.3 is 5.97 Å². The number of aryl methyl sites for hydroxylation is 1. The molecule has 0 aliphatic rings. The maximum absolute atomic E-state index is 11.2. The highest BCUT2D eigenvalue weighted by molar-refractivity contribution is 7.74. The second-order valence-corrected chi connectivity index (χ2v) is 5.78. The average molecular weight is 364 g/mol. The number of hydrogen-bond donors (Lipinski definition) is 1. The van der Waals surface area contributed by atoms with Gasteiger partial charge in [-0.05, 0) is 31.0 Å². The van der Waals surface area contributed by atoms with Crippen molar-refractivity contribution in [3.8, 4) is 5.75 Å². The quantitative estimate of drug-likeness (QED) is 0.624. The van der Waals surface area contributed by atoms with E-state index in [2.05, 4.69) is 4.18 Å². The topological polar surface area (TPSA) is 102 Å². The van der Waals surface area contributed by atoms with Gasteiger partial charge in [-0.15, -0.1) is 0 Å². The van der Waals surface area contributed by atoms with Crippen LogP contribution in [0.1, 0.15) is 24.5 Å². The van der Waals surface area contributed by atoms with E-state index >= 15 is 0 Å². The first-order chi connectivity index (χ1) is 11.9. The molecule has 0 aromatic heterocycles. The predicted molar refractivity (Wildman–Crippen MR) is 95.2 cm³/mol. The van der Waals surface area contributed by atoms with Gasteiger partial charge in [0.2, 0.25) is 0 Å². The lowest BCUT2D eigenvalue weighted by atomic mass is 10.2. The van der Waals surface area contributed by atoms with Crippen LogP contribution in [-0.4, -0.2) is 20.8 Å². The second-order valence-electron chi connectivity index (χ2n) is 5.21. The third-order valence-corrected chi connectivity index (χ3v) is 3.48. The van der Waals surface area contributed by atoms with Gasteiger partial charge in [0, 0.05) is 0 Å². The number of carbonyl (C=O) groups is 1. The van der Waals surface area contributed by atoms with Gasteiger partial charge in [0.25, 0.3) is 0 Å². The third kappa shape index (κ3) is 8.99. The Morgan fingerprint density at radius 2 is 1.76 bits per heavy atom. The van der Waals surface area contributed by atoms with Crippen molar-refractivity contribution in [3.63, 3.8) is 0 Å². The van der Waals surface area contributed by atoms with Crippen molar-refractivity contribution in [3.05, 3.63) is 65.7 Å². The van der Waals surface area contributed by atoms with Crippen molar-refractivity contribution < 1.29 is 22.5 Å². The number of ether oxygens (including phenoxy) is 1. The minimum atomic E-state index is -2.47. The van der Waals surface area contributed by atoms with Gasteiger partial charge in [-0.25, -0.2) is 4.21 Å². The lowest BCUT2D eigenvalue weighted by Gasteiger charge is -2.08. The minimum Gasteiger partial charge on any atom is -0.740 e. The van der Waals surface area contributed by atoms with Gasteiger partial charge in [-0.2, -0.15) is 0 Å². The van der Waals surface area contributed by atoms with E-state index in [0.29, 0.717) is 18.8 Å². The molecule has 0 bridgehead atoms. The molecule has 0 fully saturated rings. The van der Waals surface area contributed by atoms with Crippen LogP contribution in [0, 0.1) is 6.92 Å². The van der Waals surface area contributed by atoms with Gasteiger partial charge in [0.15, 0.2) is 0 Å². The molecule has 2 unspecified atom stereocenters. The number of hydrogen-bond acceptors (Lipinski definition) is 6. The lowest BCUT2D eigenvalue weighted by Crippen LogP contribution is -2.31. The minimum absolute atomic E-state index is 0.299. The largest absolute Gasteiger partial charge is 0.740 e. The summed E-state index contributed by atoms with van der Waals surface area (Å²) in [7, 11) is 0. The molecule has 7 heteroatoms. The van der Waals surface area contributed by atoms with Crippen LogP contribution in [0.3, 0.4) is 0 Å². The van der Waals surface area contributed by atoms with E-state index in [9.17, 15) is 13.6 Å². The molecule has 0 aliphatic carbocycles. The molecule has 2 N–H and O–H groups in total. The van der Waals surface area contributed by atoms with Gasteiger partial charge < -0.3 is 19.2 Å². The van der Waals surface area contributed by atoms with Gasteiger partial charge in [-0.1, -0.05) is 55.0 Å². The normalized spacial score (nSPS) is 12.3. The Labute approximate surface area is 150 Å². The zero-order valence-corrected chi connectivity index (χ0v) is 15.0. The van der Waals surface area contributed by atoms with Crippen LogP contribution in [0.25, 0.3) is 0 Å². The molecule has 136 valence electrons. The molecule has 0 saturated carbocycles. The number of carbonyl (C=O) groups excluding carboxylic acids is 1. The predicted octanol–water partition coefficient (Wildman–Crippen LogP) is 2.64. The molecule has 0 aliphatic heterocycles. The van der Waals surface area contributed by atoms with E-state index < -0.39 is 17.4 Å². The molecule has 6 nitrogen and oxygen atoms in total. The first kappa shape index (κ1) is 20.8. The fourth-order valence-electron chi connectivity index (χ4n) is 1.67. The van der Waals surface area contributed by atoms with E-state index in [1.54, 1.807) is 24.3 Å². The second kappa shape index (κ2) is 11.4. The fourth-order valence-corrected chi connectivity index (χ4v) is 1.94. The first-order valence-corrected chi connectivity index (χ1v) is 8.72. The highest BCUT2D eigenvalue weighted by Crippen LogP contribution is 2.11. The molecular weight excluding hydrogens is 342 g/mol. The lowest BCUT2D eigenvalue weighted by molar-refractivity contribution is -0.146. The summed E-state index contributed by atoms with van der Waals surface area (Å²) >= 11 is -2.47. The number of rotatable bonds is 6. The van der Waals surface area contributed by atoms with Crippen molar-refractivity contribution in [2.75, 3.05) is 0 Å². The zero-order chi connectivity index (χ0) is 18.7. The smallest absolute Gasteiger partial charge is 0.323 e. The zero-order valence-electron chi connectivity index (χ0n) is 14.2. The Bertz CT molecular complexity index is 661. The van der Waals surface area contributed by atoms with Gasteiger partial charge in [0.1, 0.15) is 29.8 Å². The summed E-state index contributed by atoms with van der Waals surface area (Å²) < 4.78 is 29.5. The Hall–Kier alpha value is -2.22. The van der Waals surface area contributed by atoms with Crippen LogP contribution >= 0.6 is 0 Å². The average Bonchev–Trinajstić information content (AvgIpc) is 2.62. The van der Waals surface area contributed by atoms with Crippen LogP contribution in [-0.2, 0) is 27.5 Å². The van der Waals surface area contributed by atoms with Crippen LogP contribution < -0.4 is 9.92 Å². The Morgan fingerprint density at radius 1 is 1.16 bits per heavy atom. The van der Waals surface area contributed by atoms with Crippen LogP contribution in [0.5, 0.6) is 5.75 Å². The van der Waals surface area contributed by atoms with Crippen molar-refractivity contribution in [1.82, 2.24) is 0 Å². The van der Waals surface area contributed by atoms with E-state index in [-0.39, 0.29) is 5.97 Å². The molecule has 0 amide bonds. The van der Waals surface area contributed by atoms with Crippen LogP contribution in [0.15, 0.2) is 54.6 Å². The van der Waals surface area contributed by atoms with Crippen molar-refractivity contribution in [2.24, 2.45) is 5.73 Å². The standard InChI is InChI=1S/C11H15NO2.C7H8O3S/c1-2-10(12)11(13)14-8-9-6-4-3-5-7-9;1-6-2-4-7(5-3-6)10-11(8)9/h3-7,10H,2,8,12H2,1H3;2-5H,1H3,(H,8,9)/p-1. The molecule has 25 heavy (non-hydrogen) atoms. The molecule has 2 aromatic rings. The molecule has 0 heterocycles. The Balaban J connectivity index is 0.000000257. The summed E-state index contributed by atoms with van der Waals surface area (Å²) in [5, 5.41) is 0. The van der Waals surface area contributed by atoms with Crippen molar-refractivity contribution in [2.45, 2.75) is 32.9 Å². The summed E-state index contributed by atoms with van der Waals surface area (Å²) in [6.07, 6.45) is 0.605. The summed E-state index contributed by atoms with van der Waals surface area (Å²) in [4.78, 5) is 11.2. The van der Waals surface area contributed by atoms with Crippen LogP contribution in [0.4, 0.5) is 0 Å². The monoisotopic (exact) mass is 364 g/mol. The summed E-state index contributed by atoms with van der Waals surface area (Å²) in [6.45, 7) is 4.07. The SMILES string of the molecule is CCC(N)C(=O)OCc1ccccc1.Cc1ccc(OS(=O)[O-])cc1. The summed E-state index contributed by atoms with van der Waals surface area (Å²) in [5.41, 5.74) is 7.55. The summed E-state index contributed by atoms with van der Waals surface area (Å²) in [5.74, 6) is 0.000265. The molecular formula is C18H22NO5S-. The Kier molecular flexibility index (Phi) is 9.46. The van der Waals surface area contributed by atoms with E-state index in [4.69, 9.17) is 10.5 Å². The van der Waals surface area contributed by atoms with Crippen molar-refractivity contribution >= 4 is 17.3 Å². The molecule has 0 radical (unpaired) electrons. The molecule has 2 aromatic carbocycles.